The number of halogens is 1. The molecule has 0 atom stereocenters. The molecule has 134 valence electrons. The van der Waals surface area contributed by atoms with Gasteiger partial charge in [0.05, 0.1) is 24.3 Å². The van der Waals surface area contributed by atoms with Crippen LogP contribution >= 0.6 is 11.6 Å². The molecular weight excluding hydrogens is 338 g/mol. The minimum atomic E-state index is 0.130. The Labute approximate surface area is 153 Å². The van der Waals surface area contributed by atoms with Crippen molar-refractivity contribution in [2.45, 2.75) is 6.54 Å². The van der Waals surface area contributed by atoms with Gasteiger partial charge in [-0.1, -0.05) is 29.8 Å². The van der Waals surface area contributed by atoms with Crippen LogP contribution in [-0.2, 0) is 11.3 Å². The lowest BCUT2D eigenvalue weighted by atomic mass is 10.2. The summed E-state index contributed by atoms with van der Waals surface area (Å²) in [5, 5.41) is 4.87. The SMILES string of the molecule is CN(C(=O)CN1CCN(CCn2cc(Cl)cn2)CC1)c1ccccc1. The molecule has 1 saturated heterocycles. The quantitative estimate of drug-likeness (QED) is 0.787. The molecule has 0 N–H and O–H groups in total. The van der Waals surface area contributed by atoms with Gasteiger partial charge in [-0.05, 0) is 12.1 Å². The van der Waals surface area contributed by atoms with Crippen molar-refractivity contribution in [1.82, 2.24) is 19.6 Å². The summed E-state index contributed by atoms with van der Waals surface area (Å²) < 4.78 is 1.87. The fourth-order valence-electron chi connectivity index (χ4n) is 2.97. The molecule has 1 aliphatic rings. The van der Waals surface area contributed by atoms with Crippen LogP contribution in [0, 0.1) is 0 Å². The van der Waals surface area contributed by atoms with Gasteiger partial charge in [-0.15, -0.1) is 0 Å². The summed E-state index contributed by atoms with van der Waals surface area (Å²) in [6.07, 6.45) is 3.50. The van der Waals surface area contributed by atoms with Gasteiger partial charge in [0.1, 0.15) is 0 Å². The van der Waals surface area contributed by atoms with Crippen LogP contribution < -0.4 is 4.90 Å². The van der Waals surface area contributed by atoms with Crippen molar-refractivity contribution in [1.29, 1.82) is 0 Å². The Morgan fingerprint density at radius 1 is 1.12 bits per heavy atom. The van der Waals surface area contributed by atoms with E-state index in [1.54, 1.807) is 11.1 Å². The van der Waals surface area contributed by atoms with Crippen LogP contribution in [0.2, 0.25) is 5.02 Å². The van der Waals surface area contributed by atoms with E-state index in [1.807, 2.05) is 48.3 Å². The highest BCUT2D eigenvalue weighted by atomic mass is 35.5. The molecule has 1 aliphatic heterocycles. The first kappa shape index (κ1) is 17.9. The monoisotopic (exact) mass is 361 g/mol. The van der Waals surface area contributed by atoms with Gasteiger partial charge in [-0.3, -0.25) is 19.3 Å². The molecule has 0 saturated carbocycles. The van der Waals surface area contributed by atoms with Crippen LogP contribution in [0.5, 0.6) is 0 Å². The third-order valence-corrected chi connectivity index (χ3v) is 4.78. The predicted molar refractivity (Wildman–Crippen MR) is 100.0 cm³/mol. The molecule has 25 heavy (non-hydrogen) atoms. The summed E-state index contributed by atoms with van der Waals surface area (Å²) in [6, 6.07) is 9.77. The van der Waals surface area contributed by atoms with E-state index in [4.69, 9.17) is 11.6 Å². The number of aromatic nitrogens is 2. The number of amides is 1. The standard InChI is InChI=1S/C18H24ClN5O/c1-21(17-5-3-2-4-6-17)18(25)15-23-9-7-22(8-10-23)11-12-24-14-16(19)13-20-24/h2-6,13-14H,7-12,15H2,1H3. The fraction of sp³-hybridized carbons (Fsp3) is 0.444. The van der Waals surface area contributed by atoms with Crippen molar-refractivity contribution in [3.8, 4) is 0 Å². The zero-order valence-electron chi connectivity index (χ0n) is 14.5. The first-order valence-electron chi connectivity index (χ1n) is 8.56. The lowest BCUT2D eigenvalue weighted by Gasteiger charge is -2.34. The van der Waals surface area contributed by atoms with Crippen molar-refractivity contribution in [2.75, 3.05) is 51.2 Å². The largest absolute Gasteiger partial charge is 0.314 e. The molecule has 3 rings (SSSR count). The second-order valence-corrected chi connectivity index (χ2v) is 6.76. The van der Waals surface area contributed by atoms with Gasteiger partial charge in [0.15, 0.2) is 0 Å². The van der Waals surface area contributed by atoms with Gasteiger partial charge < -0.3 is 4.90 Å². The lowest BCUT2D eigenvalue weighted by Crippen LogP contribution is -2.50. The predicted octanol–water partition coefficient (Wildman–Crippen LogP) is 1.82. The summed E-state index contributed by atoms with van der Waals surface area (Å²) in [5.41, 5.74) is 0.934. The number of rotatable bonds is 6. The Bertz CT molecular complexity index is 682. The number of hydrogen-bond acceptors (Lipinski definition) is 4. The number of para-hydroxylation sites is 1. The molecule has 2 aromatic rings. The molecule has 0 bridgehead atoms. The van der Waals surface area contributed by atoms with Gasteiger partial charge in [-0.25, -0.2) is 0 Å². The smallest absolute Gasteiger partial charge is 0.240 e. The number of piperazine rings is 1. The van der Waals surface area contributed by atoms with Crippen molar-refractivity contribution in [3.63, 3.8) is 0 Å². The number of nitrogens with zero attached hydrogens (tertiary/aromatic N) is 5. The van der Waals surface area contributed by atoms with Crippen molar-refractivity contribution in [2.24, 2.45) is 0 Å². The van der Waals surface area contributed by atoms with Gasteiger partial charge in [0, 0.05) is 51.7 Å². The molecule has 0 unspecified atom stereocenters. The van der Waals surface area contributed by atoms with E-state index in [0.29, 0.717) is 11.6 Å². The van der Waals surface area contributed by atoms with Crippen molar-refractivity contribution in [3.05, 3.63) is 47.7 Å². The molecule has 2 heterocycles. The van der Waals surface area contributed by atoms with Gasteiger partial charge in [0.2, 0.25) is 5.91 Å². The van der Waals surface area contributed by atoms with Gasteiger partial charge in [-0.2, -0.15) is 5.10 Å². The average Bonchev–Trinajstić information content (AvgIpc) is 3.06. The number of carbonyl (C=O) groups is 1. The molecule has 0 spiro atoms. The molecule has 7 heteroatoms. The number of benzene rings is 1. The van der Waals surface area contributed by atoms with E-state index in [1.165, 1.54) is 0 Å². The van der Waals surface area contributed by atoms with Crippen molar-refractivity contribution >= 4 is 23.2 Å². The topological polar surface area (TPSA) is 44.6 Å². The summed E-state index contributed by atoms with van der Waals surface area (Å²) in [4.78, 5) is 18.8. The van der Waals surface area contributed by atoms with Crippen LogP contribution in [-0.4, -0.2) is 71.8 Å². The fourth-order valence-corrected chi connectivity index (χ4v) is 3.12. The third kappa shape index (κ3) is 5.04. The van der Waals surface area contributed by atoms with Crippen LogP contribution in [0.1, 0.15) is 0 Å². The minimum Gasteiger partial charge on any atom is -0.314 e. The maximum atomic E-state index is 12.5. The second kappa shape index (κ2) is 8.47. The Morgan fingerprint density at radius 2 is 1.80 bits per heavy atom. The second-order valence-electron chi connectivity index (χ2n) is 6.33. The van der Waals surface area contributed by atoms with Crippen LogP contribution in [0.15, 0.2) is 42.7 Å². The van der Waals surface area contributed by atoms with Crippen LogP contribution in [0.3, 0.4) is 0 Å². The molecule has 0 radical (unpaired) electrons. The summed E-state index contributed by atoms with van der Waals surface area (Å²) in [5.74, 6) is 0.130. The molecule has 1 fully saturated rings. The minimum absolute atomic E-state index is 0.130. The van der Waals surface area contributed by atoms with Crippen molar-refractivity contribution < 1.29 is 4.79 Å². The Hall–Kier alpha value is -1.89. The van der Waals surface area contributed by atoms with Gasteiger partial charge >= 0.3 is 0 Å². The summed E-state index contributed by atoms with van der Waals surface area (Å²) in [6.45, 7) is 6.01. The average molecular weight is 362 g/mol. The first-order valence-corrected chi connectivity index (χ1v) is 8.94. The normalized spacial score (nSPS) is 16.1. The Morgan fingerprint density at radius 3 is 2.44 bits per heavy atom. The van der Waals surface area contributed by atoms with E-state index in [9.17, 15) is 4.79 Å². The third-order valence-electron chi connectivity index (χ3n) is 4.59. The number of anilines is 1. The van der Waals surface area contributed by atoms with E-state index in [2.05, 4.69) is 14.9 Å². The maximum Gasteiger partial charge on any atom is 0.240 e. The van der Waals surface area contributed by atoms with Gasteiger partial charge in [0.25, 0.3) is 0 Å². The van der Waals surface area contributed by atoms with E-state index in [0.717, 1.165) is 45.0 Å². The molecule has 1 aromatic carbocycles. The van der Waals surface area contributed by atoms with E-state index < -0.39 is 0 Å². The highest BCUT2D eigenvalue weighted by molar-refractivity contribution is 6.30. The number of hydrogen-bond donors (Lipinski definition) is 0. The molecule has 1 amide bonds. The Kier molecular flexibility index (Phi) is 6.07. The number of carbonyl (C=O) groups excluding carboxylic acids is 1. The van der Waals surface area contributed by atoms with E-state index >= 15 is 0 Å². The molecule has 0 aliphatic carbocycles. The van der Waals surface area contributed by atoms with Crippen LogP contribution in [0.4, 0.5) is 5.69 Å². The first-order chi connectivity index (χ1) is 12.1. The number of likely N-dealkylation sites (N-methyl/N-ethyl adjacent to an activating group) is 1. The maximum absolute atomic E-state index is 12.5. The zero-order valence-corrected chi connectivity index (χ0v) is 15.3. The molecule has 6 nitrogen and oxygen atoms in total. The molecular formula is C18H24ClN5O. The summed E-state index contributed by atoms with van der Waals surface area (Å²) >= 11 is 5.88. The Balaban J connectivity index is 1.40. The summed E-state index contributed by atoms with van der Waals surface area (Å²) in [7, 11) is 1.84. The molecule has 1 aromatic heterocycles. The van der Waals surface area contributed by atoms with E-state index in [-0.39, 0.29) is 5.91 Å². The lowest BCUT2D eigenvalue weighted by molar-refractivity contribution is -0.119. The van der Waals surface area contributed by atoms with Crippen LogP contribution in [0.25, 0.3) is 0 Å². The highest BCUT2D eigenvalue weighted by Gasteiger charge is 2.20. The highest BCUT2D eigenvalue weighted by Crippen LogP contribution is 2.12. The zero-order chi connectivity index (χ0) is 17.6.